The van der Waals surface area contributed by atoms with Crippen LogP contribution in [-0.2, 0) is 4.84 Å². The van der Waals surface area contributed by atoms with E-state index in [1.807, 2.05) is 30.3 Å². The molecular weight excluding hydrogens is 242 g/mol. The lowest BCUT2D eigenvalue weighted by molar-refractivity contribution is 0.0519. The van der Waals surface area contributed by atoms with Gasteiger partial charge < -0.3 is 9.57 Å². The zero-order valence-corrected chi connectivity index (χ0v) is 10.4. The molecule has 96 valence electrons. The van der Waals surface area contributed by atoms with E-state index >= 15 is 0 Å². The molecule has 0 bridgehead atoms. The molecule has 0 spiro atoms. The van der Waals surface area contributed by atoms with Crippen molar-refractivity contribution in [1.29, 1.82) is 0 Å². The Balaban J connectivity index is 1.95. The van der Waals surface area contributed by atoms with E-state index in [4.69, 9.17) is 9.57 Å². The van der Waals surface area contributed by atoms with Gasteiger partial charge in [0.2, 0.25) is 0 Å². The zero-order valence-electron chi connectivity index (χ0n) is 10.4. The number of methoxy groups -OCH3 is 1. The second kappa shape index (κ2) is 6.35. The van der Waals surface area contributed by atoms with Gasteiger partial charge in [0.05, 0.1) is 18.9 Å². The number of hydrogen-bond donors (Lipinski definition) is 0. The van der Waals surface area contributed by atoms with Crippen LogP contribution in [0, 0.1) is 0 Å². The molecular formula is C15H13NO3. The summed E-state index contributed by atoms with van der Waals surface area (Å²) in [6.07, 6.45) is 1.49. The van der Waals surface area contributed by atoms with E-state index in [9.17, 15) is 4.79 Å². The van der Waals surface area contributed by atoms with E-state index in [0.29, 0.717) is 11.3 Å². The third-order valence-corrected chi connectivity index (χ3v) is 2.46. The summed E-state index contributed by atoms with van der Waals surface area (Å²) in [6, 6.07) is 16.0. The van der Waals surface area contributed by atoms with Gasteiger partial charge in [-0.2, -0.15) is 0 Å². The topological polar surface area (TPSA) is 47.9 Å². The first kappa shape index (κ1) is 12.8. The second-order valence-electron chi connectivity index (χ2n) is 3.75. The minimum atomic E-state index is -0.505. The number of carbonyl (C=O) groups is 1. The molecule has 0 aliphatic rings. The van der Waals surface area contributed by atoms with Crippen molar-refractivity contribution >= 4 is 12.2 Å². The van der Waals surface area contributed by atoms with Gasteiger partial charge >= 0.3 is 5.97 Å². The minimum absolute atomic E-state index is 0.422. The molecule has 0 unspecified atom stereocenters. The van der Waals surface area contributed by atoms with E-state index < -0.39 is 5.97 Å². The number of oxime groups is 1. The monoisotopic (exact) mass is 255 g/mol. The SMILES string of the molecule is COc1ccc(C(=O)O/N=C/c2ccccc2)cc1. The number of rotatable bonds is 4. The average Bonchev–Trinajstić information content (AvgIpc) is 2.48. The number of hydrogen-bond acceptors (Lipinski definition) is 4. The Morgan fingerprint density at radius 1 is 1.05 bits per heavy atom. The Hall–Kier alpha value is -2.62. The fourth-order valence-electron chi connectivity index (χ4n) is 1.45. The predicted molar refractivity (Wildman–Crippen MR) is 72.4 cm³/mol. The van der Waals surface area contributed by atoms with E-state index in [2.05, 4.69) is 5.16 Å². The van der Waals surface area contributed by atoms with Crippen molar-refractivity contribution in [2.24, 2.45) is 5.16 Å². The van der Waals surface area contributed by atoms with Gasteiger partial charge in [-0.25, -0.2) is 4.79 Å². The highest BCUT2D eigenvalue weighted by molar-refractivity contribution is 5.90. The molecule has 4 nitrogen and oxygen atoms in total. The first-order chi connectivity index (χ1) is 9.29. The van der Waals surface area contributed by atoms with Crippen molar-refractivity contribution in [3.8, 4) is 5.75 Å². The molecule has 0 saturated heterocycles. The maximum absolute atomic E-state index is 11.7. The average molecular weight is 255 g/mol. The number of carbonyl (C=O) groups excluding carboxylic acids is 1. The summed E-state index contributed by atoms with van der Waals surface area (Å²) < 4.78 is 5.01. The summed E-state index contributed by atoms with van der Waals surface area (Å²) in [4.78, 5) is 16.5. The van der Waals surface area contributed by atoms with Gasteiger partial charge in [0.1, 0.15) is 5.75 Å². The normalized spacial score (nSPS) is 10.4. The maximum atomic E-state index is 11.7. The van der Waals surface area contributed by atoms with Gasteiger partial charge in [0.15, 0.2) is 0 Å². The molecule has 4 heteroatoms. The molecule has 0 radical (unpaired) electrons. The van der Waals surface area contributed by atoms with E-state index in [1.165, 1.54) is 6.21 Å². The lowest BCUT2D eigenvalue weighted by Crippen LogP contribution is -2.00. The van der Waals surface area contributed by atoms with Crippen LogP contribution in [0.15, 0.2) is 59.8 Å². The Bertz CT molecular complexity index is 562. The molecule has 2 aromatic rings. The smallest absolute Gasteiger partial charge is 0.365 e. The van der Waals surface area contributed by atoms with E-state index in [1.54, 1.807) is 31.4 Å². The summed E-state index contributed by atoms with van der Waals surface area (Å²) >= 11 is 0. The number of nitrogens with zero attached hydrogens (tertiary/aromatic N) is 1. The first-order valence-electron chi connectivity index (χ1n) is 5.73. The van der Waals surface area contributed by atoms with Crippen LogP contribution in [0.4, 0.5) is 0 Å². The van der Waals surface area contributed by atoms with Crippen LogP contribution in [0.5, 0.6) is 5.75 Å². The molecule has 0 aliphatic heterocycles. The summed E-state index contributed by atoms with van der Waals surface area (Å²) in [5.41, 5.74) is 1.29. The van der Waals surface area contributed by atoms with Crippen LogP contribution in [0.2, 0.25) is 0 Å². The molecule has 0 saturated carbocycles. The largest absolute Gasteiger partial charge is 0.497 e. The highest BCUT2D eigenvalue weighted by atomic mass is 16.7. The molecule has 0 fully saturated rings. The maximum Gasteiger partial charge on any atom is 0.365 e. The highest BCUT2D eigenvalue weighted by Crippen LogP contribution is 2.12. The van der Waals surface area contributed by atoms with Gasteiger partial charge in [-0.15, -0.1) is 0 Å². The van der Waals surface area contributed by atoms with Crippen LogP contribution in [0.1, 0.15) is 15.9 Å². The Morgan fingerprint density at radius 3 is 2.37 bits per heavy atom. The second-order valence-corrected chi connectivity index (χ2v) is 3.75. The summed E-state index contributed by atoms with van der Waals surface area (Å²) in [5.74, 6) is 0.180. The number of benzene rings is 2. The summed E-state index contributed by atoms with van der Waals surface area (Å²) in [6.45, 7) is 0. The minimum Gasteiger partial charge on any atom is -0.497 e. The van der Waals surface area contributed by atoms with Gasteiger partial charge in [0.25, 0.3) is 0 Å². The van der Waals surface area contributed by atoms with Gasteiger partial charge in [0, 0.05) is 0 Å². The number of ether oxygens (including phenoxy) is 1. The van der Waals surface area contributed by atoms with Crippen LogP contribution < -0.4 is 4.74 Å². The van der Waals surface area contributed by atoms with Crippen LogP contribution in [-0.4, -0.2) is 19.3 Å². The molecule has 0 heterocycles. The quantitative estimate of drug-likeness (QED) is 0.479. The van der Waals surface area contributed by atoms with E-state index in [-0.39, 0.29) is 0 Å². The Morgan fingerprint density at radius 2 is 1.74 bits per heavy atom. The Labute approximate surface area is 111 Å². The van der Waals surface area contributed by atoms with Crippen LogP contribution in [0.3, 0.4) is 0 Å². The molecule has 2 rings (SSSR count). The third kappa shape index (κ3) is 3.67. The fourth-order valence-corrected chi connectivity index (χ4v) is 1.45. The van der Waals surface area contributed by atoms with Gasteiger partial charge in [-0.3, -0.25) is 0 Å². The molecule has 0 aromatic heterocycles. The van der Waals surface area contributed by atoms with Crippen molar-refractivity contribution in [1.82, 2.24) is 0 Å². The molecule has 0 aliphatic carbocycles. The van der Waals surface area contributed by atoms with Crippen molar-refractivity contribution in [2.75, 3.05) is 7.11 Å². The predicted octanol–water partition coefficient (Wildman–Crippen LogP) is 2.89. The molecule has 0 N–H and O–H groups in total. The van der Waals surface area contributed by atoms with Crippen molar-refractivity contribution in [3.05, 3.63) is 65.7 Å². The van der Waals surface area contributed by atoms with Crippen LogP contribution >= 0.6 is 0 Å². The van der Waals surface area contributed by atoms with Gasteiger partial charge in [-0.05, 0) is 29.8 Å². The first-order valence-corrected chi connectivity index (χ1v) is 5.73. The summed E-state index contributed by atoms with van der Waals surface area (Å²) in [5, 5.41) is 3.65. The van der Waals surface area contributed by atoms with Crippen molar-refractivity contribution in [2.45, 2.75) is 0 Å². The van der Waals surface area contributed by atoms with Crippen LogP contribution in [0.25, 0.3) is 0 Å². The van der Waals surface area contributed by atoms with Gasteiger partial charge in [-0.1, -0.05) is 35.5 Å². The zero-order chi connectivity index (χ0) is 13.5. The molecule has 2 aromatic carbocycles. The lowest BCUT2D eigenvalue weighted by Gasteiger charge is -2.00. The molecule has 19 heavy (non-hydrogen) atoms. The third-order valence-electron chi connectivity index (χ3n) is 2.46. The molecule has 0 amide bonds. The lowest BCUT2D eigenvalue weighted by atomic mass is 10.2. The standard InChI is InChI=1S/C15H13NO3/c1-18-14-9-7-13(8-10-14)15(17)19-16-11-12-5-3-2-4-6-12/h2-11H,1H3/b16-11+. The molecule has 0 atom stereocenters. The van der Waals surface area contributed by atoms with Crippen molar-refractivity contribution in [3.63, 3.8) is 0 Å². The highest BCUT2D eigenvalue weighted by Gasteiger charge is 2.06. The fraction of sp³-hybridized carbons (Fsp3) is 0.0667. The summed E-state index contributed by atoms with van der Waals surface area (Å²) in [7, 11) is 1.57. The van der Waals surface area contributed by atoms with Crippen molar-refractivity contribution < 1.29 is 14.4 Å². The Kier molecular flexibility index (Phi) is 4.29. The van der Waals surface area contributed by atoms with E-state index in [0.717, 1.165) is 5.56 Å².